The molecule has 0 aliphatic heterocycles. The van der Waals surface area contributed by atoms with Crippen molar-refractivity contribution in [2.75, 3.05) is 6.61 Å². The van der Waals surface area contributed by atoms with E-state index in [0.29, 0.717) is 6.61 Å². The Balaban J connectivity index is 2.86. The van der Waals surface area contributed by atoms with Crippen molar-refractivity contribution in [3.8, 4) is 0 Å². The van der Waals surface area contributed by atoms with Gasteiger partial charge in [-0.1, -0.05) is 32.4 Å². The van der Waals surface area contributed by atoms with E-state index in [9.17, 15) is 8.42 Å². The highest BCUT2D eigenvalue weighted by Crippen LogP contribution is 2.25. The molecule has 18 heavy (non-hydrogen) atoms. The second-order valence-corrected chi connectivity index (χ2v) is 6.72. The predicted molar refractivity (Wildman–Crippen MR) is 73.4 cm³/mol. The van der Waals surface area contributed by atoms with Crippen LogP contribution >= 0.6 is 10.7 Å². The lowest BCUT2D eigenvalue weighted by molar-refractivity contribution is 0.0465. The topological polar surface area (TPSA) is 43.4 Å². The molecule has 0 saturated carbocycles. The summed E-state index contributed by atoms with van der Waals surface area (Å²) in [4.78, 5) is 0.124. The average molecular weight is 291 g/mol. The van der Waals surface area contributed by atoms with Gasteiger partial charge in [0.2, 0.25) is 0 Å². The van der Waals surface area contributed by atoms with Crippen molar-refractivity contribution in [1.29, 1.82) is 0 Å². The Morgan fingerprint density at radius 3 is 2.22 bits per heavy atom. The number of halogens is 1. The first kappa shape index (κ1) is 15.5. The molecule has 1 atom stereocenters. The Kier molecular flexibility index (Phi) is 6.12. The van der Waals surface area contributed by atoms with Gasteiger partial charge < -0.3 is 4.74 Å². The standard InChI is InChI=1S/C13H19ClO3S/c1-3-5-13(17-10-4-2)11-6-8-12(9-7-11)18(14,15)16/h6-9,13H,3-5,10H2,1-2H3/t13-/m1/s1. The maximum atomic E-state index is 11.1. The molecular weight excluding hydrogens is 272 g/mol. The molecule has 3 nitrogen and oxygen atoms in total. The van der Waals surface area contributed by atoms with Crippen LogP contribution in [-0.2, 0) is 13.8 Å². The summed E-state index contributed by atoms with van der Waals surface area (Å²) in [6, 6.07) is 6.59. The molecule has 0 fully saturated rings. The minimum absolute atomic E-state index is 0.0297. The number of rotatable bonds is 7. The van der Waals surface area contributed by atoms with E-state index in [1.54, 1.807) is 12.1 Å². The molecule has 0 aliphatic rings. The zero-order valence-electron chi connectivity index (χ0n) is 10.7. The minimum atomic E-state index is -3.64. The summed E-state index contributed by atoms with van der Waals surface area (Å²) >= 11 is 0. The summed E-state index contributed by atoms with van der Waals surface area (Å²) in [5.74, 6) is 0. The predicted octanol–water partition coefficient (Wildman–Crippen LogP) is 3.88. The molecule has 0 radical (unpaired) electrons. The molecule has 1 aromatic carbocycles. The van der Waals surface area contributed by atoms with Gasteiger partial charge >= 0.3 is 0 Å². The molecule has 0 spiro atoms. The summed E-state index contributed by atoms with van der Waals surface area (Å²) in [6.07, 6.45) is 2.94. The normalized spacial score (nSPS) is 13.5. The first-order valence-electron chi connectivity index (χ1n) is 6.15. The van der Waals surface area contributed by atoms with Crippen molar-refractivity contribution < 1.29 is 13.2 Å². The van der Waals surface area contributed by atoms with Crippen molar-refractivity contribution >= 4 is 19.7 Å². The molecule has 0 amide bonds. The van der Waals surface area contributed by atoms with Gasteiger partial charge in [-0.15, -0.1) is 0 Å². The van der Waals surface area contributed by atoms with Gasteiger partial charge in [0.05, 0.1) is 11.0 Å². The van der Waals surface area contributed by atoms with Crippen molar-refractivity contribution in [2.24, 2.45) is 0 Å². The van der Waals surface area contributed by atoms with E-state index in [0.717, 1.165) is 24.8 Å². The van der Waals surface area contributed by atoms with Gasteiger partial charge in [0, 0.05) is 17.3 Å². The van der Waals surface area contributed by atoms with Gasteiger partial charge in [0.1, 0.15) is 0 Å². The Bertz CT molecular complexity index is 454. The maximum absolute atomic E-state index is 11.1. The molecule has 0 aliphatic carbocycles. The highest BCUT2D eigenvalue weighted by molar-refractivity contribution is 8.13. The van der Waals surface area contributed by atoms with E-state index in [1.165, 1.54) is 12.1 Å². The van der Waals surface area contributed by atoms with Crippen LogP contribution in [0, 0.1) is 0 Å². The zero-order chi connectivity index (χ0) is 13.6. The SMILES string of the molecule is CCCO[C@H](CCC)c1ccc(S(=O)(=O)Cl)cc1. The van der Waals surface area contributed by atoms with E-state index in [4.69, 9.17) is 15.4 Å². The highest BCUT2D eigenvalue weighted by atomic mass is 35.7. The van der Waals surface area contributed by atoms with Gasteiger partial charge in [-0.25, -0.2) is 8.42 Å². The third-order valence-corrected chi connectivity index (χ3v) is 3.98. The number of benzene rings is 1. The first-order valence-corrected chi connectivity index (χ1v) is 8.46. The number of hydrogen-bond acceptors (Lipinski definition) is 3. The van der Waals surface area contributed by atoms with Gasteiger partial charge in [-0.3, -0.25) is 0 Å². The summed E-state index contributed by atoms with van der Waals surface area (Å²) in [7, 11) is 1.63. The quantitative estimate of drug-likeness (QED) is 0.716. The molecule has 1 rings (SSSR count). The van der Waals surface area contributed by atoms with Crippen molar-refractivity contribution in [2.45, 2.75) is 44.1 Å². The van der Waals surface area contributed by atoms with Crippen LogP contribution in [0.4, 0.5) is 0 Å². The zero-order valence-corrected chi connectivity index (χ0v) is 12.3. The average Bonchev–Trinajstić information content (AvgIpc) is 2.33. The van der Waals surface area contributed by atoms with Crippen LogP contribution in [0.2, 0.25) is 0 Å². The second kappa shape index (κ2) is 7.12. The van der Waals surface area contributed by atoms with Crippen LogP contribution in [0.15, 0.2) is 29.2 Å². The molecule has 5 heteroatoms. The third kappa shape index (κ3) is 4.59. The highest BCUT2D eigenvalue weighted by Gasteiger charge is 2.13. The van der Waals surface area contributed by atoms with Gasteiger partial charge in [-0.05, 0) is 30.5 Å². The Hall–Kier alpha value is -0.580. The molecule has 0 bridgehead atoms. The number of hydrogen-bond donors (Lipinski definition) is 0. The number of ether oxygens (including phenoxy) is 1. The van der Waals surface area contributed by atoms with E-state index < -0.39 is 9.05 Å². The summed E-state index contributed by atoms with van der Waals surface area (Å²) < 4.78 is 28.1. The van der Waals surface area contributed by atoms with Crippen LogP contribution in [0.1, 0.15) is 44.8 Å². The monoisotopic (exact) mass is 290 g/mol. The smallest absolute Gasteiger partial charge is 0.261 e. The lowest BCUT2D eigenvalue weighted by Gasteiger charge is -2.17. The second-order valence-electron chi connectivity index (χ2n) is 4.15. The lowest BCUT2D eigenvalue weighted by Crippen LogP contribution is -2.05. The fourth-order valence-electron chi connectivity index (χ4n) is 1.71. The lowest BCUT2D eigenvalue weighted by atomic mass is 10.1. The summed E-state index contributed by atoms with van der Waals surface area (Å²) in [6.45, 7) is 4.87. The van der Waals surface area contributed by atoms with Crippen molar-refractivity contribution in [3.63, 3.8) is 0 Å². The fourth-order valence-corrected chi connectivity index (χ4v) is 2.48. The third-order valence-electron chi connectivity index (χ3n) is 2.61. The van der Waals surface area contributed by atoms with E-state index in [1.807, 2.05) is 0 Å². The molecule has 0 saturated heterocycles. The van der Waals surface area contributed by atoms with E-state index in [-0.39, 0.29) is 11.0 Å². The molecule has 102 valence electrons. The Morgan fingerprint density at radius 2 is 1.78 bits per heavy atom. The minimum Gasteiger partial charge on any atom is -0.374 e. The summed E-state index contributed by atoms with van der Waals surface area (Å²) in [5, 5.41) is 0. The van der Waals surface area contributed by atoms with Crippen LogP contribution in [0.25, 0.3) is 0 Å². The molecule has 0 N–H and O–H groups in total. The molecule has 0 unspecified atom stereocenters. The Labute approximate surface area is 114 Å². The first-order chi connectivity index (χ1) is 8.49. The van der Waals surface area contributed by atoms with Crippen molar-refractivity contribution in [1.82, 2.24) is 0 Å². The van der Waals surface area contributed by atoms with E-state index >= 15 is 0 Å². The van der Waals surface area contributed by atoms with Gasteiger partial charge in [-0.2, -0.15) is 0 Å². The van der Waals surface area contributed by atoms with Gasteiger partial charge in [0.15, 0.2) is 0 Å². The largest absolute Gasteiger partial charge is 0.374 e. The molecular formula is C13H19ClO3S. The molecule has 0 aromatic heterocycles. The van der Waals surface area contributed by atoms with Crippen LogP contribution in [-0.4, -0.2) is 15.0 Å². The van der Waals surface area contributed by atoms with Crippen LogP contribution < -0.4 is 0 Å². The van der Waals surface area contributed by atoms with Crippen LogP contribution in [0.3, 0.4) is 0 Å². The van der Waals surface area contributed by atoms with Gasteiger partial charge in [0.25, 0.3) is 9.05 Å². The summed E-state index contributed by atoms with van der Waals surface area (Å²) in [5.41, 5.74) is 0.995. The molecule has 0 heterocycles. The van der Waals surface area contributed by atoms with Crippen LogP contribution in [0.5, 0.6) is 0 Å². The maximum Gasteiger partial charge on any atom is 0.261 e. The molecule has 1 aromatic rings. The van der Waals surface area contributed by atoms with E-state index in [2.05, 4.69) is 13.8 Å². The fraction of sp³-hybridized carbons (Fsp3) is 0.538. The Morgan fingerprint density at radius 1 is 1.17 bits per heavy atom. The van der Waals surface area contributed by atoms with Crippen molar-refractivity contribution in [3.05, 3.63) is 29.8 Å².